The molecular formula is C7H7N3O3S. The van der Waals surface area contributed by atoms with Gasteiger partial charge in [0.15, 0.2) is 5.69 Å². The van der Waals surface area contributed by atoms with Crippen molar-refractivity contribution in [2.45, 2.75) is 0 Å². The highest BCUT2D eigenvalue weighted by molar-refractivity contribution is 7.73. The van der Waals surface area contributed by atoms with E-state index in [2.05, 4.69) is 10.7 Å². The van der Waals surface area contributed by atoms with Gasteiger partial charge in [0.05, 0.1) is 0 Å². The summed E-state index contributed by atoms with van der Waals surface area (Å²) in [5.41, 5.74) is 3.15. The third-order valence-electron chi connectivity index (χ3n) is 1.81. The molecule has 3 N–H and O–H groups in total. The van der Waals surface area contributed by atoms with Gasteiger partial charge in [0.2, 0.25) is 0 Å². The molecule has 74 valence electrons. The number of rotatable bonds is 0. The lowest BCUT2D eigenvalue weighted by molar-refractivity contribution is -0.815. The number of quaternary nitrogens is 1. The summed E-state index contributed by atoms with van der Waals surface area (Å²) >= 11 is 0. The van der Waals surface area contributed by atoms with E-state index in [0.717, 1.165) is 0 Å². The normalized spacial score (nSPS) is 19.8. The molecule has 0 bridgehead atoms. The Labute approximate surface area is 81.2 Å². The van der Waals surface area contributed by atoms with Crippen LogP contribution in [0.5, 0.6) is 0 Å². The second-order valence-electron chi connectivity index (χ2n) is 2.69. The summed E-state index contributed by atoms with van der Waals surface area (Å²) in [6.45, 7) is 0. The zero-order valence-corrected chi connectivity index (χ0v) is 7.76. The lowest BCUT2D eigenvalue weighted by atomic mass is 10.2. The summed E-state index contributed by atoms with van der Waals surface area (Å²) in [6.07, 6.45) is 0. The Hall–Kier alpha value is -1.41. The Morgan fingerprint density at radius 3 is 2.71 bits per heavy atom. The van der Waals surface area contributed by atoms with E-state index in [4.69, 9.17) is 0 Å². The van der Waals surface area contributed by atoms with Gasteiger partial charge in [-0.05, 0) is 6.07 Å². The first kappa shape index (κ1) is 9.16. The van der Waals surface area contributed by atoms with Gasteiger partial charge >= 0.3 is 0 Å². The van der Waals surface area contributed by atoms with Crippen molar-refractivity contribution in [2.24, 2.45) is 0 Å². The maximum absolute atomic E-state index is 11.4. The number of hydrogen-bond acceptors (Lipinski definition) is 3. The van der Waals surface area contributed by atoms with Crippen LogP contribution in [0.25, 0.3) is 0 Å². The van der Waals surface area contributed by atoms with Gasteiger partial charge in [-0.1, -0.05) is 12.1 Å². The smallest absolute Gasteiger partial charge is 0.255 e. The van der Waals surface area contributed by atoms with Gasteiger partial charge in [-0.25, -0.2) is 0 Å². The molecule has 6 nitrogen and oxygen atoms in total. The highest BCUT2D eigenvalue weighted by atomic mass is 32.2. The fourth-order valence-electron chi connectivity index (χ4n) is 1.20. The Morgan fingerprint density at radius 2 is 2.00 bits per heavy atom. The molecule has 7 heteroatoms. The standard InChI is InChI=1S/C7H7N3O3S/c11-10-6-4-2-1-3-5(6)8-7(9-10)14(12)13/h1-4,8-10H. The molecule has 1 unspecified atom stereocenters. The first-order chi connectivity index (χ1) is 6.68. The van der Waals surface area contributed by atoms with Crippen molar-refractivity contribution >= 4 is 26.8 Å². The summed E-state index contributed by atoms with van der Waals surface area (Å²) in [5.74, 6) is 0. The molecule has 0 amide bonds. The Balaban J connectivity index is 2.54. The molecule has 1 aliphatic heterocycles. The molecule has 0 fully saturated rings. The van der Waals surface area contributed by atoms with Crippen LogP contribution in [0.15, 0.2) is 24.3 Å². The van der Waals surface area contributed by atoms with Crippen molar-refractivity contribution in [2.75, 3.05) is 5.32 Å². The van der Waals surface area contributed by atoms with Crippen molar-refractivity contribution in [1.29, 1.82) is 0 Å². The van der Waals surface area contributed by atoms with E-state index in [1.165, 1.54) is 0 Å². The van der Waals surface area contributed by atoms with Crippen molar-refractivity contribution in [3.63, 3.8) is 0 Å². The van der Waals surface area contributed by atoms with E-state index >= 15 is 0 Å². The minimum atomic E-state index is -2.46. The number of hydrogen-bond donors (Lipinski definition) is 3. The molecule has 1 aromatic carbocycles. The van der Waals surface area contributed by atoms with Gasteiger partial charge in [0.25, 0.3) is 15.4 Å². The van der Waals surface area contributed by atoms with E-state index in [1.54, 1.807) is 24.3 Å². The van der Waals surface area contributed by atoms with Crippen LogP contribution in [0, 0.1) is 5.21 Å². The van der Waals surface area contributed by atoms with E-state index in [9.17, 15) is 13.6 Å². The zero-order valence-electron chi connectivity index (χ0n) is 6.94. The van der Waals surface area contributed by atoms with E-state index < -0.39 is 15.5 Å². The molecule has 0 spiro atoms. The first-order valence-electron chi connectivity index (χ1n) is 3.82. The fourth-order valence-corrected chi connectivity index (χ4v) is 1.57. The lowest BCUT2D eigenvalue weighted by Gasteiger charge is -2.28. The van der Waals surface area contributed by atoms with Crippen molar-refractivity contribution in [1.82, 2.24) is 5.43 Å². The number of benzene rings is 1. The molecule has 0 saturated carbocycles. The average molecular weight is 213 g/mol. The Morgan fingerprint density at radius 1 is 1.29 bits per heavy atom. The zero-order chi connectivity index (χ0) is 10.1. The van der Waals surface area contributed by atoms with Crippen molar-refractivity contribution in [3.8, 4) is 0 Å². The topological polar surface area (TPSA) is 85.7 Å². The van der Waals surface area contributed by atoms with Gasteiger partial charge in [0, 0.05) is 6.07 Å². The van der Waals surface area contributed by atoms with E-state index in [-0.39, 0.29) is 5.11 Å². The number of para-hydroxylation sites is 2. The van der Waals surface area contributed by atoms with Gasteiger partial charge in [-0.2, -0.15) is 8.42 Å². The molecule has 0 aromatic heterocycles. The third-order valence-corrected chi connectivity index (χ3v) is 2.35. The van der Waals surface area contributed by atoms with Crippen LogP contribution in [-0.2, 0) is 10.3 Å². The van der Waals surface area contributed by atoms with Crippen LogP contribution >= 0.6 is 0 Å². The van der Waals surface area contributed by atoms with Crippen molar-refractivity contribution < 1.29 is 13.6 Å². The monoisotopic (exact) mass is 213 g/mol. The summed E-state index contributed by atoms with van der Waals surface area (Å²) in [4.78, 5) is 0. The van der Waals surface area contributed by atoms with Crippen molar-refractivity contribution in [3.05, 3.63) is 29.5 Å². The van der Waals surface area contributed by atoms with Crippen LogP contribution in [0.2, 0.25) is 0 Å². The van der Waals surface area contributed by atoms with Gasteiger partial charge < -0.3 is 10.5 Å². The SMILES string of the molecule is O=S(=O)=C1Nc2ccccc2[NH+]([O-])N1. The predicted molar refractivity (Wildman–Crippen MR) is 51.1 cm³/mol. The van der Waals surface area contributed by atoms with Crippen LogP contribution < -0.4 is 15.9 Å². The molecule has 0 aliphatic carbocycles. The van der Waals surface area contributed by atoms with Crippen LogP contribution in [-0.4, -0.2) is 13.5 Å². The van der Waals surface area contributed by atoms with E-state index in [1.807, 2.05) is 0 Å². The highest BCUT2D eigenvalue weighted by Crippen LogP contribution is 2.17. The van der Waals surface area contributed by atoms with E-state index in [0.29, 0.717) is 11.4 Å². The first-order valence-corrected chi connectivity index (χ1v) is 4.89. The second kappa shape index (κ2) is 3.39. The molecule has 1 aliphatic rings. The molecule has 1 heterocycles. The van der Waals surface area contributed by atoms with Gasteiger partial charge in [-0.15, -0.1) is 5.43 Å². The average Bonchev–Trinajstić information content (AvgIpc) is 2.17. The number of fused-ring (bicyclic) bond motifs is 1. The predicted octanol–water partition coefficient (Wildman–Crippen LogP) is -1.40. The summed E-state index contributed by atoms with van der Waals surface area (Å²) in [6, 6.07) is 6.68. The molecule has 14 heavy (non-hydrogen) atoms. The lowest BCUT2D eigenvalue weighted by Crippen LogP contribution is -3.11. The maximum Gasteiger partial charge on any atom is 0.255 e. The van der Waals surface area contributed by atoms with Gasteiger partial charge in [0.1, 0.15) is 5.69 Å². The highest BCUT2D eigenvalue weighted by Gasteiger charge is 2.19. The summed E-state index contributed by atoms with van der Waals surface area (Å²) in [7, 11) is -2.46. The van der Waals surface area contributed by atoms with Crippen LogP contribution in [0.3, 0.4) is 0 Å². The molecule has 0 radical (unpaired) electrons. The maximum atomic E-state index is 11.4. The second-order valence-corrected chi connectivity index (χ2v) is 3.57. The largest absolute Gasteiger partial charge is 0.608 e. The van der Waals surface area contributed by atoms with Crippen LogP contribution in [0.1, 0.15) is 0 Å². The molecule has 2 rings (SSSR count). The minimum Gasteiger partial charge on any atom is -0.608 e. The number of nitrogens with one attached hydrogen (secondary N) is 3. The summed E-state index contributed by atoms with van der Waals surface area (Å²) in [5, 5.41) is 13.3. The summed E-state index contributed by atoms with van der Waals surface area (Å²) < 4.78 is 21.2. The minimum absolute atomic E-state index is 0.214. The van der Waals surface area contributed by atoms with Gasteiger partial charge in [-0.3, -0.25) is 5.17 Å². The molecule has 0 saturated heterocycles. The molecule has 1 atom stereocenters. The third kappa shape index (κ3) is 1.49. The van der Waals surface area contributed by atoms with Crippen LogP contribution in [0.4, 0.5) is 11.4 Å². The molecular weight excluding hydrogens is 206 g/mol. The number of anilines is 1. The Bertz CT molecular complexity index is 489. The fraction of sp³-hybridized carbons (Fsp3) is 0. The molecule has 1 aromatic rings. The Kier molecular flexibility index (Phi) is 2.22. The quantitative estimate of drug-likeness (QED) is 0.364.